The van der Waals surface area contributed by atoms with Crippen molar-refractivity contribution in [2.75, 3.05) is 0 Å². The lowest BCUT2D eigenvalue weighted by molar-refractivity contribution is -0.120. The van der Waals surface area contributed by atoms with Crippen LogP contribution in [0.1, 0.15) is 33.6 Å². The molecule has 0 radical (unpaired) electrons. The number of rotatable bonds is 5. The second-order valence-electron chi connectivity index (χ2n) is 7.01. The Morgan fingerprint density at radius 1 is 1.11 bits per heavy atom. The molecule has 1 N–H and O–H groups in total. The summed E-state index contributed by atoms with van der Waals surface area (Å²) in [5.74, 6) is -0.136. The van der Waals surface area contributed by atoms with Crippen LogP contribution in [0.4, 0.5) is 0 Å². The van der Waals surface area contributed by atoms with Crippen molar-refractivity contribution < 1.29 is 4.79 Å². The van der Waals surface area contributed by atoms with Gasteiger partial charge in [-0.15, -0.1) is 0 Å². The molecule has 0 saturated carbocycles. The molecule has 4 nitrogen and oxygen atoms in total. The monoisotopic (exact) mass is 393 g/mol. The Kier molecular flexibility index (Phi) is 6.00. The first-order chi connectivity index (χ1) is 13.4. The second kappa shape index (κ2) is 8.44. The van der Waals surface area contributed by atoms with Gasteiger partial charge in [0, 0.05) is 17.0 Å². The van der Waals surface area contributed by atoms with Crippen molar-refractivity contribution in [1.29, 1.82) is 0 Å². The number of carbonyl (C=O) groups excluding carboxylic acids is 1. The van der Waals surface area contributed by atoms with Crippen LogP contribution in [0.3, 0.4) is 0 Å². The maximum Gasteiger partial charge on any atom is 0.244 e. The van der Waals surface area contributed by atoms with Gasteiger partial charge < -0.3 is 4.57 Å². The summed E-state index contributed by atoms with van der Waals surface area (Å²) < 4.78 is 2.08. The Morgan fingerprint density at radius 2 is 1.86 bits per heavy atom. The number of nitrogens with one attached hydrogen (secondary N) is 1. The zero-order valence-corrected chi connectivity index (χ0v) is 17.3. The van der Waals surface area contributed by atoms with Crippen LogP contribution < -0.4 is 5.43 Å². The van der Waals surface area contributed by atoms with Gasteiger partial charge in [-0.25, -0.2) is 5.43 Å². The lowest BCUT2D eigenvalue weighted by Crippen LogP contribution is -2.20. The average Bonchev–Trinajstić information content (AvgIpc) is 2.92. The van der Waals surface area contributed by atoms with Gasteiger partial charge in [0.2, 0.25) is 5.91 Å². The van der Waals surface area contributed by atoms with Crippen LogP contribution in [0.2, 0.25) is 5.02 Å². The molecule has 3 rings (SSSR count). The van der Waals surface area contributed by atoms with Crippen molar-refractivity contribution in [3.05, 3.63) is 87.2 Å². The normalized spacial score (nSPS) is 11.2. The van der Waals surface area contributed by atoms with Gasteiger partial charge in [-0.05, 0) is 57.0 Å². The lowest BCUT2D eigenvalue weighted by atomic mass is 10.0. The molecular weight excluding hydrogens is 370 g/mol. The minimum absolute atomic E-state index is 0.136. The second-order valence-corrected chi connectivity index (χ2v) is 7.42. The van der Waals surface area contributed by atoms with E-state index < -0.39 is 0 Å². The number of aryl methyl sites for hydroxylation is 3. The first-order valence-electron chi connectivity index (χ1n) is 9.18. The number of hydrogen-bond acceptors (Lipinski definition) is 2. The first kappa shape index (κ1) is 19.9. The van der Waals surface area contributed by atoms with E-state index in [2.05, 4.69) is 21.2 Å². The van der Waals surface area contributed by atoms with Gasteiger partial charge in [-0.1, -0.05) is 47.5 Å². The number of carbonyl (C=O) groups is 1. The zero-order chi connectivity index (χ0) is 20.3. The van der Waals surface area contributed by atoms with Gasteiger partial charge in [0.05, 0.1) is 23.3 Å². The quantitative estimate of drug-likeness (QED) is 0.478. The highest BCUT2D eigenvalue weighted by Gasteiger charge is 2.12. The molecule has 144 valence electrons. The van der Waals surface area contributed by atoms with Gasteiger partial charge >= 0.3 is 0 Å². The standard InChI is InChI=1S/C23H24ClN3O/c1-15-9-10-19(16(2)11-15)13-23(28)26-25-14-20-12-17(3)27(18(20)4)22-8-6-5-7-21(22)24/h5-12,14H,13H2,1-4H3,(H,26,28)/b25-14-. The van der Waals surface area contributed by atoms with Gasteiger partial charge in [0.25, 0.3) is 0 Å². The van der Waals surface area contributed by atoms with Crippen LogP contribution in [-0.4, -0.2) is 16.7 Å². The van der Waals surface area contributed by atoms with E-state index >= 15 is 0 Å². The van der Waals surface area contributed by atoms with E-state index in [0.29, 0.717) is 11.4 Å². The summed E-state index contributed by atoms with van der Waals surface area (Å²) in [5.41, 5.74) is 9.86. The summed E-state index contributed by atoms with van der Waals surface area (Å²) in [4.78, 5) is 12.2. The van der Waals surface area contributed by atoms with Crippen molar-refractivity contribution >= 4 is 23.7 Å². The fraction of sp³-hybridized carbons (Fsp3) is 0.217. The van der Waals surface area contributed by atoms with Gasteiger partial charge in [-0.3, -0.25) is 4.79 Å². The number of hydrazone groups is 1. The number of halogens is 1. The molecule has 0 unspecified atom stereocenters. The Bertz CT molecular complexity index is 1050. The van der Waals surface area contributed by atoms with E-state index in [1.807, 2.05) is 70.2 Å². The van der Waals surface area contributed by atoms with E-state index in [1.54, 1.807) is 6.21 Å². The van der Waals surface area contributed by atoms with Gasteiger partial charge in [-0.2, -0.15) is 5.10 Å². The largest absolute Gasteiger partial charge is 0.316 e. The fourth-order valence-electron chi connectivity index (χ4n) is 3.35. The van der Waals surface area contributed by atoms with Crippen molar-refractivity contribution in [1.82, 2.24) is 9.99 Å². The molecular formula is C23H24ClN3O. The van der Waals surface area contributed by atoms with Crippen molar-refractivity contribution in [2.45, 2.75) is 34.1 Å². The molecule has 0 aliphatic rings. The van der Waals surface area contributed by atoms with Gasteiger partial charge in [0.15, 0.2) is 0 Å². The highest BCUT2D eigenvalue weighted by Crippen LogP contribution is 2.25. The Morgan fingerprint density at radius 3 is 2.57 bits per heavy atom. The number of benzene rings is 2. The van der Waals surface area contributed by atoms with Crippen molar-refractivity contribution in [3.8, 4) is 5.69 Å². The van der Waals surface area contributed by atoms with E-state index in [-0.39, 0.29) is 5.91 Å². The molecule has 0 aliphatic carbocycles. The minimum Gasteiger partial charge on any atom is -0.316 e. The molecule has 5 heteroatoms. The SMILES string of the molecule is Cc1ccc(CC(=O)N/N=C\c2cc(C)n(-c3ccccc3Cl)c2C)c(C)c1. The number of para-hydroxylation sites is 1. The number of amides is 1. The van der Waals surface area contributed by atoms with E-state index in [1.165, 1.54) is 5.56 Å². The molecule has 2 aromatic carbocycles. The van der Waals surface area contributed by atoms with Crippen LogP contribution in [-0.2, 0) is 11.2 Å². The highest BCUT2D eigenvalue weighted by molar-refractivity contribution is 6.32. The topological polar surface area (TPSA) is 46.4 Å². The molecule has 3 aromatic rings. The lowest BCUT2D eigenvalue weighted by Gasteiger charge is -2.11. The van der Waals surface area contributed by atoms with Crippen molar-refractivity contribution in [3.63, 3.8) is 0 Å². The molecule has 0 atom stereocenters. The summed E-state index contributed by atoms with van der Waals surface area (Å²) in [6.07, 6.45) is 1.98. The number of nitrogens with zero attached hydrogens (tertiary/aromatic N) is 2. The first-order valence-corrected chi connectivity index (χ1v) is 9.56. The average molecular weight is 394 g/mol. The molecule has 0 aliphatic heterocycles. The fourth-order valence-corrected chi connectivity index (χ4v) is 3.57. The van der Waals surface area contributed by atoms with E-state index in [0.717, 1.165) is 33.8 Å². The Hall–Kier alpha value is -2.85. The predicted octanol–water partition coefficient (Wildman–Crippen LogP) is 5.06. The number of aromatic nitrogens is 1. The van der Waals surface area contributed by atoms with Crippen LogP contribution in [0, 0.1) is 27.7 Å². The Balaban J connectivity index is 1.72. The van der Waals surface area contributed by atoms with E-state index in [4.69, 9.17) is 11.6 Å². The summed E-state index contributed by atoms with van der Waals surface area (Å²) in [6.45, 7) is 8.09. The molecule has 1 amide bonds. The smallest absolute Gasteiger partial charge is 0.244 e. The summed E-state index contributed by atoms with van der Waals surface area (Å²) in [5, 5.41) is 4.83. The molecule has 0 fully saturated rings. The zero-order valence-electron chi connectivity index (χ0n) is 16.6. The molecule has 1 heterocycles. The molecule has 0 saturated heterocycles. The molecule has 1 aromatic heterocycles. The van der Waals surface area contributed by atoms with Crippen LogP contribution >= 0.6 is 11.6 Å². The third-order valence-electron chi connectivity index (χ3n) is 4.81. The maximum atomic E-state index is 12.2. The van der Waals surface area contributed by atoms with Crippen LogP contribution in [0.25, 0.3) is 5.69 Å². The molecule has 0 spiro atoms. The van der Waals surface area contributed by atoms with Crippen LogP contribution in [0.15, 0.2) is 53.6 Å². The Labute approximate surface area is 170 Å². The summed E-state index contributed by atoms with van der Waals surface area (Å²) >= 11 is 6.35. The molecule has 28 heavy (non-hydrogen) atoms. The predicted molar refractivity (Wildman–Crippen MR) is 116 cm³/mol. The molecule has 0 bridgehead atoms. The third kappa shape index (κ3) is 4.34. The summed E-state index contributed by atoms with van der Waals surface area (Å²) in [7, 11) is 0. The highest BCUT2D eigenvalue weighted by atomic mass is 35.5. The summed E-state index contributed by atoms with van der Waals surface area (Å²) in [6, 6.07) is 15.8. The van der Waals surface area contributed by atoms with Crippen molar-refractivity contribution in [2.24, 2.45) is 5.10 Å². The third-order valence-corrected chi connectivity index (χ3v) is 5.13. The van der Waals surface area contributed by atoms with Crippen LogP contribution in [0.5, 0.6) is 0 Å². The maximum absolute atomic E-state index is 12.2. The minimum atomic E-state index is -0.136. The van der Waals surface area contributed by atoms with Gasteiger partial charge in [0.1, 0.15) is 0 Å². The number of hydrogen-bond donors (Lipinski definition) is 1. The van der Waals surface area contributed by atoms with E-state index in [9.17, 15) is 4.79 Å².